The number of hydrogen-bond acceptors (Lipinski definition) is 5. The number of aryl methyl sites for hydroxylation is 1. The zero-order valence-electron chi connectivity index (χ0n) is 22.4. The second-order valence-corrected chi connectivity index (χ2v) is 11.5. The SMILES string of the molecule is CCN(c1cc(Cl)cc(C(=O)NCc2c(-c3cccs3)[nH]c(C)cc2=O)c1C)[C@H]1CC[C@H](N(C)C)CC1. The molecule has 1 aliphatic carbocycles. The lowest BCUT2D eigenvalue weighted by atomic mass is 9.89. The van der Waals surface area contributed by atoms with Crippen LogP contribution in [0.25, 0.3) is 10.6 Å². The van der Waals surface area contributed by atoms with E-state index >= 15 is 0 Å². The summed E-state index contributed by atoms with van der Waals surface area (Å²) in [5.41, 5.74) is 4.48. The van der Waals surface area contributed by atoms with Crippen LogP contribution in [0.3, 0.4) is 0 Å². The van der Waals surface area contributed by atoms with E-state index in [0.717, 1.165) is 46.9 Å². The van der Waals surface area contributed by atoms with Crippen molar-refractivity contribution >= 4 is 34.5 Å². The minimum atomic E-state index is -0.231. The standard InChI is InChI=1S/C29H37ClN4O2S/c1-6-34(22-11-9-21(10-12-22)33(4)5)25-16-20(30)15-23(19(25)3)29(36)31-17-24-26(35)14-18(2)32-28(24)27-8-7-13-37-27/h7-8,13-16,21-22H,6,9-12,17H2,1-5H3,(H,31,36)(H,32,35)/t21-,22-. The van der Waals surface area contributed by atoms with Crippen LogP contribution < -0.4 is 15.6 Å². The van der Waals surface area contributed by atoms with Crippen LogP contribution in [0.4, 0.5) is 5.69 Å². The summed E-state index contributed by atoms with van der Waals surface area (Å²) in [4.78, 5) is 35.3. The molecule has 198 valence electrons. The van der Waals surface area contributed by atoms with Crippen LogP contribution in [-0.2, 0) is 6.54 Å². The number of thiophene rings is 1. The molecule has 2 aromatic heterocycles. The molecule has 0 bridgehead atoms. The van der Waals surface area contributed by atoms with Crippen molar-refractivity contribution in [3.63, 3.8) is 0 Å². The first-order valence-corrected chi connectivity index (χ1v) is 14.2. The van der Waals surface area contributed by atoms with Gasteiger partial charge in [-0.2, -0.15) is 0 Å². The van der Waals surface area contributed by atoms with Crippen molar-refractivity contribution in [3.05, 3.63) is 73.3 Å². The van der Waals surface area contributed by atoms with Crippen molar-refractivity contribution in [2.45, 2.75) is 65.1 Å². The van der Waals surface area contributed by atoms with Crippen molar-refractivity contribution in [1.82, 2.24) is 15.2 Å². The Labute approximate surface area is 228 Å². The van der Waals surface area contributed by atoms with Crippen LogP contribution in [0.15, 0.2) is 40.5 Å². The van der Waals surface area contributed by atoms with E-state index in [4.69, 9.17) is 11.6 Å². The third kappa shape index (κ3) is 6.11. The van der Waals surface area contributed by atoms with Crippen LogP contribution in [0.1, 0.15) is 59.8 Å². The summed E-state index contributed by atoms with van der Waals surface area (Å²) < 4.78 is 0. The van der Waals surface area contributed by atoms with Gasteiger partial charge in [0.1, 0.15) is 0 Å². The lowest BCUT2D eigenvalue weighted by Crippen LogP contribution is -2.42. The lowest BCUT2D eigenvalue weighted by molar-refractivity contribution is 0.0950. The Balaban J connectivity index is 1.57. The molecule has 0 spiro atoms. The Morgan fingerprint density at radius 3 is 2.46 bits per heavy atom. The summed E-state index contributed by atoms with van der Waals surface area (Å²) in [7, 11) is 4.31. The molecule has 0 aliphatic heterocycles. The van der Waals surface area contributed by atoms with E-state index in [9.17, 15) is 9.59 Å². The number of rotatable bonds is 8. The van der Waals surface area contributed by atoms with Gasteiger partial charge in [0.05, 0.1) is 10.6 Å². The summed E-state index contributed by atoms with van der Waals surface area (Å²) in [5.74, 6) is -0.231. The molecular formula is C29H37ClN4O2S. The number of anilines is 1. The van der Waals surface area contributed by atoms with Gasteiger partial charge in [0.15, 0.2) is 5.43 Å². The zero-order chi connectivity index (χ0) is 26.7. The van der Waals surface area contributed by atoms with Crippen LogP contribution in [-0.4, -0.2) is 48.5 Å². The normalized spacial score (nSPS) is 17.7. The molecule has 8 heteroatoms. The number of H-pyrrole nitrogens is 1. The Morgan fingerprint density at radius 1 is 1.14 bits per heavy atom. The molecule has 1 saturated carbocycles. The Bertz CT molecular complexity index is 1290. The number of amides is 1. The van der Waals surface area contributed by atoms with Crippen molar-refractivity contribution in [1.29, 1.82) is 0 Å². The molecule has 0 saturated heterocycles. The molecule has 6 nitrogen and oxygen atoms in total. The predicted molar refractivity (Wildman–Crippen MR) is 155 cm³/mol. The first kappa shape index (κ1) is 27.4. The van der Waals surface area contributed by atoms with E-state index in [1.54, 1.807) is 23.5 Å². The third-order valence-electron chi connectivity index (χ3n) is 7.54. The smallest absolute Gasteiger partial charge is 0.251 e. The van der Waals surface area contributed by atoms with Gasteiger partial charge in [0.2, 0.25) is 0 Å². The van der Waals surface area contributed by atoms with Gasteiger partial charge in [0.25, 0.3) is 5.91 Å². The maximum atomic E-state index is 13.4. The average Bonchev–Trinajstić information content (AvgIpc) is 3.40. The van der Waals surface area contributed by atoms with Crippen LogP contribution in [0, 0.1) is 13.8 Å². The average molecular weight is 541 g/mol. The summed E-state index contributed by atoms with van der Waals surface area (Å²) in [5, 5.41) is 5.51. The van der Waals surface area contributed by atoms with E-state index < -0.39 is 0 Å². The highest BCUT2D eigenvalue weighted by atomic mass is 35.5. The highest BCUT2D eigenvalue weighted by molar-refractivity contribution is 7.13. The zero-order valence-corrected chi connectivity index (χ0v) is 23.9. The molecule has 3 aromatic rings. The molecule has 1 fully saturated rings. The molecule has 2 heterocycles. The molecule has 0 radical (unpaired) electrons. The fraction of sp³-hybridized carbons (Fsp3) is 0.448. The van der Waals surface area contributed by atoms with Crippen LogP contribution >= 0.6 is 22.9 Å². The summed E-state index contributed by atoms with van der Waals surface area (Å²) >= 11 is 8.11. The monoisotopic (exact) mass is 540 g/mol. The maximum Gasteiger partial charge on any atom is 0.251 e. The number of aromatic amines is 1. The number of carbonyl (C=O) groups excluding carboxylic acids is 1. The predicted octanol–water partition coefficient (Wildman–Crippen LogP) is 6.00. The first-order chi connectivity index (χ1) is 17.7. The number of aromatic nitrogens is 1. The number of nitrogens with zero attached hydrogens (tertiary/aromatic N) is 2. The van der Waals surface area contributed by atoms with Gasteiger partial charge in [-0.3, -0.25) is 9.59 Å². The van der Waals surface area contributed by atoms with E-state index in [2.05, 4.69) is 41.1 Å². The minimum absolute atomic E-state index is 0.0889. The molecule has 2 N–H and O–H groups in total. The van der Waals surface area contributed by atoms with Gasteiger partial charge >= 0.3 is 0 Å². The van der Waals surface area contributed by atoms with Gasteiger partial charge in [-0.1, -0.05) is 17.7 Å². The molecule has 0 unspecified atom stereocenters. The number of benzene rings is 1. The molecule has 0 atom stereocenters. The maximum absolute atomic E-state index is 13.4. The second-order valence-electron chi connectivity index (χ2n) is 10.1. The first-order valence-electron chi connectivity index (χ1n) is 13.0. The van der Waals surface area contributed by atoms with Gasteiger partial charge < -0.3 is 20.1 Å². The molecule has 37 heavy (non-hydrogen) atoms. The number of halogens is 1. The van der Waals surface area contributed by atoms with Gasteiger partial charge in [-0.25, -0.2) is 0 Å². The second kappa shape index (κ2) is 11.8. The van der Waals surface area contributed by atoms with Gasteiger partial charge in [0, 0.05) is 58.8 Å². The largest absolute Gasteiger partial charge is 0.369 e. The number of pyridine rings is 1. The summed E-state index contributed by atoms with van der Waals surface area (Å²) in [6, 6.07) is 10.3. The number of carbonyl (C=O) groups is 1. The van der Waals surface area contributed by atoms with Crippen molar-refractivity contribution in [2.24, 2.45) is 0 Å². The van der Waals surface area contributed by atoms with Crippen molar-refractivity contribution in [2.75, 3.05) is 25.5 Å². The van der Waals surface area contributed by atoms with Crippen LogP contribution in [0.5, 0.6) is 0 Å². The molecule has 1 aromatic carbocycles. The third-order valence-corrected chi connectivity index (χ3v) is 8.64. The fourth-order valence-corrected chi connectivity index (χ4v) is 6.46. The summed E-state index contributed by atoms with van der Waals surface area (Å²) in [6.07, 6.45) is 4.56. The Kier molecular flexibility index (Phi) is 8.78. The van der Waals surface area contributed by atoms with Gasteiger partial charge in [-0.05, 0) is 89.7 Å². The molecule has 1 amide bonds. The highest BCUT2D eigenvalue weighted by Gasteiger charge is 2.28. The van der Waals surface area contributed by atoms with Crippen molar-refractivity contribution in [3.8, 4) is 10.6 Å². The van der Waals surface area contributed by atoms with E-state index in [1.165, 1.54) is 12.8 Å². The molecular weight excluding hydrogens is 504 g/mol. The number of nitrogens with one attached hydrogen (secondary N) is 2. The van der Waals surface area contributed by atoms with E-state index in [-0.39, 0.29) is 17.9 Å². The fourth-order valence-electron chi connectivity index (χ4n) is 5.50. The van der Waals surface area contributed by atoms with Crippen molar-refractivity contribution < 1.29 is 4.79 Å². The number of hydrogen-bond donors (Lipinski definition) is 2. The lowest BCUT2D eigenvalue weighted by Gasteiger charge is -2.40. The molecule has 4 rings (SSSR count). The summed E-state index contributed by atoms with van der Waals surface area (Å²) in [6.45, 7) is 7.00. The highest BCUT2D eigenvalue weighted by Crippen LogP contribution is 2.34. The Morgan fingerprint density at radius 2 is 1.84 bits per heavy atom. The van der Waals surface area contributed by atoms with E-state index in [1.807, 2.05) is 37.4 Å². The molecule has 1 aliphatic rings. The quantitative estimate of drug-likeness (QED) is 0.367. The van der Waals surface area contributed by atoms with Gasteiger partial charge in [-0.15, -0.1) is 11.3 Å². The van der Waals surface area contributed by atoms with Crippen LogP contribution in [0.2, 0.25) is 5.02 Å². The Hall–Kier alpha value is -2.61. The topological polar surface area (TPSA) is 68.4 Å². The van der Waals surface area contributed by atoms with E-state index in [0.29, 0.717) is 28.2 Å². The minimum Gasteiger partial charge on any atom is -0.369 e.